The van der Waals surface area contributed by atoms with Crippen LogP contribution in [0.1, 0.15) is 6.42 Å². The van der Waals surface area contributed by atoms with Gasteiger partial charge in [-0.1, -0.05) is 4.85 Å². The molecule has 0 saturated carbocycles. The maximum Gasteiger partial charge on any atom is 0.265 e. The summed E-state index contributed by atoms with van der Waals surface area (Å²) < 4.78 is 4.73. The lowest BCUT2D eigenvalue weighted by Gasteiger charge is -1.84. The maximum absolute atomic E-state index is 4.84. The SMILES string of the molecule is C#[N+]CCCOC. The third kappa shape index (κ3) is 5.45. The largest absolute Gasteiger partial charge is 0.384 e. The van der Waals surface area contributed by atoms with Crippen LogP contribution in [0.5, 0.6) is 0 Å². The Morgan fingerprint density at radius 3 is 2.86 bits per heavy atom. The van der Waals surface area contributed by atoms with Gasteiger partial charge in [-0.15, -0.1) is 0 Å². The molecule has 0 unspecified atom stereocenters. The highest BCUT2D eigenvalue weighted by molar-refractivity contribution is 4.64. The molecule has 0 saturated heterocycles. The monoisotopic (exact) mass is 100 g/mol. The van der Waals surface area contributed by atoms with Gasteiger partial charge >= 0.3 is 0 Å². The second-order valence-electron chi connectivity index (χ2n) is 1.25. The molecule has 0 radical (unpaired) electrons. The molecule has 2 nitrogen and oxygen atoms in total. The maximum atomic E-state index is 4.84. The Kier molecular flexibility index (Phi) is 5.02. The molecule has 0 N–H and O–H groups in total. The molecular formula is C5H10NO+. The second kappa shape index (κ2) is 5.45. The molecular weight excluding hydrogens is 90.1 g/mol. The van der Waals surface area contributed by atoms with Gasteiger partial charge in [-0.2, -0.15) is 0 Å². The Balaban J connectivity index is 2.60. The molecule has 40 valence electrons. The van der Waals surface area contributed by atoms with Crippen molar-refractivity contribution in [1.82, 2.24) is 0 Å². The average molecular weight is 100 g/mol. The van der Waals surface area contributed by atoms with E-state index >= 15 is 0 Å². The van der Waals surface area contributed by atoms with E-state index in [1.807, 2.05) is 0 Å². The summed E-state index contributed by atoms with van der Waals surface area (Å²) in [6.07, 6.45) is 0.924. The van der Waals surface area contributed by atoms with Gasteiger partial charge in [0.2, 0.25) is 0 Å². The summed E-state index contributed by atoms with van der Waals surface area (Å²) in [7, 11) is 1.66. The Hall–Kier alpha value is -0.550. The fourth-order valence-corrected chi connectivity index (χ4v) is 0.300. The van der Waals surface area contributed by atoms with Crippen LogP contribution < -0.4 is 0 Å². The number of nitrogens with zero attached hydrogens (tertiary/aromatic N) is 1. The van der Waals surface area contributed by atoms with Crippen LogP contribution in [-0.4, -0.2) is 20.3 Å². The van der Waals surface area contributed by atoms with Crippen LogP contribution in [0.15, 0.2) is 0 Å². The van der Waals surface area contributed by atoms with Crippen molar-refractivity contribution in [1.29, 1.82) is 0 Å². The minimum atomic E-state index is 0.702. The third-order valence-corrected chi connectivity index (χ3v) is 0.636. The molecule has 0 aliphatic carbocycles. The lowest BCUT2D eigenvalue weighted by molar-refractivity contribution is 0.198. The molecule has 0 atom stereocenters. The molecule has 0 heterocycles. The van der Waals surface area contributed by atoms with Crippen LogP contribution in [0.2, 0.25) is 0 Å². The van der Waals surface area contributed by atoms with E-state index in [4.69, 9.17) is 11.3 Å². The quantitative estimate of drug-likeness (QED) is 0.482. The van der Waals surface area contributed by atoms with Gasteiger partial charge in [0, 0.05) is 13.5 Å². The molecule has 0 amide bonds. The number of methoxy groups -OCH3 is 1. The molecule has 0 fully saturated rings. The lowest BCUT2D eigenvalue weighted by Crippen LogP contribution is -1.88. The van der Waals surface area contributed by atoms with Gasteiger partial charge in [-0.3, -0.25) is 0 Å². The van der Waals surface area contributed by atoms with E-state index in [1.165, 1.54) is 0 Å². The van der Waals surface area contributed by atoms with Gasteiger partial charge in [0.25, 0.3) is 13.1 Å². The number of hydrogen-bond donors (Lipinski definition) is 0. The molecule has 0 aliphatic heterocycles. The molecule has 0 aliphatic rings. The normalized spacial score (nSPS) is 8.00. The highest BCUT2D eigenvalue weighted by Gasteiger charge is 1.86. The van der Waals surface area contributed by atoms with Crippen molar-refractivity contribution >= 4 is 0 Å². The first-order chi connectivity index (χ1) is 3.41. The summed E-state index contributed by atoms with van der Waals surface area (Å²) in [5.74, 6) is 0. The first kappa shape index (κ1) is 6.45. The van der Waals surface area contributed by atoms with Gasteiger partial charge in [0.15, 0.2) is 0 Å². The molecule has 2 heteroatoms. The van der Waals surface area contributed by atoms with Crippen molar-refractivity contribution < 1.29 is 4.74 Å². The Morgan fingerprint density at radius 2 is 2.43 bits per heavy atom. The van der Waals surface area contributed by atoms with Crippen LogP contribution in [0.25, 0.3) is 4.85 Å². The van der Waals surface area contributed by atoms with Crippen LogP contribution in [0.4, 0.5) is 0 Å². The fourth-order valence-electron chi connectivity index (χ4n) is 0.300. The van der Waals surface area contributed by atoms with Crippen molar-refractivity contribution in [3.8, 4) is 6.57 Å². The number of hydrogen-bond acceptors (Lipinski definition) is 1. The zero-order valence-electron chi connectivity index (χ0n) is 4.55. The van der Waals surface area contributed by atoms with E-state index in [-0.39, 0.29) is 0 Å². The summed E-state index contributed by atoms with van der Waals surface area (Å²) in [5.41, 5.74) is 0. The highest BCUT2D eigenvalue weighted by atomic mass is 16.5. The van der Waals surface area contributed by atoms with Crippen molar-refractivity contribution in [2.45, 2.75) is 6.42 Å². The van der Waals surface area contributed by atoms with E-state index < -0.39 is 0 Å². The molecule has 0 aromatic heterocycles. The van der Waals surface area contributed by atoms with E-state index in [0.717, 1.165) is 13.0 Å². The third-order valence-electron chi connectivity index (χ3n) is 0.636. The van der Waals surface area contributed by atoms with Crippen LogP contribution in [0.3, 0.4) is 0 Å². The molecule has 0 rings (SSSR count). The molecule has 0 aromatic carbocycles. The van der Waals surface area contributed by atoms with Crippen LogP contribution in [-0.2, 0) is 4.74 Å². The van der Waals surface area contributed by atoms with Crippen molar-refractivity contribution in [2.75, 3.05) is 20.3 Å². The van der Waals surface area contributed by atoms with E-state index in [0.29, 0.717) is 6.54 Å². The molecule has 0 aromatic rings. The average Bonchev–Trinajstić information content (AvgIpc) is 1.69. The highest BCUT2D eigenvalue weighted by Crippen LogP contribution is 1.78. The number of ether oxygens (including phenoxy) is 1. The van der Waals surface area contributed by atoms with Gasteiger partial charge < -0.3 is 4.74 Å². The van der Waals surface area contributed by atoms with Crippen LogP contribution in [0, 0.1) is 6.57 Å². The van der Waals surface area contributed by atoms with Gasteiger partial charge in [-0.25, -0.2) is 0 Å². The summed E-state index contributed by atoms with van der Waals surface area (Å²) in [6, 6.07) is 0. The Labute approximate surface area is 43.9 Å². The molecule has 0 bridgehead atoms. The predicted octanol–water partition coefficient (Wildman–Crippen LogP) is 0.986. The minimum Gasteiger partial charge on any atom is -0.384 e. The van der Waals surface area contributed by atoms with E-state index in [9.17, 15) is 0 Å². The predicted molar refractivity (Wildman–Crippen MR) is 29.7 cm³/mol. The van der Waals surface area contributed by atoms with Gasteiger partial charge in [0.1, 0.15) is 0 Å². The van der Waals surface area contributed by atoms with Crippen molar-refractivity contribution in [2.24, 2.45) is 0 Å². The first-order valence-corrected chi connectivity index (χ1v) is 2.27. The number of rotatable bonds is 3. The zero-order chi connectivity index (χ0) is 5.54. The van der Waals surface area contributed by atoms with E-state index in [1.54, 1.807) is 7.11 Å². The van der Waals surface area contributed by atoms with Gasteiger partial charge in [-0.05, 0) is 0 Å². The summed E-state index contributed by atoms with van der Waals surface area (Å²) in [4.78, 5) is 3.39. The lowest BCUT2D eigenvalue weighted by atomic mass is 10.5. The minimum absolute atomic E-state index is 0.702. The van der Waals surface area contributed by atoms with Crippen molar-refractivity contribution in [3.63, 3.8) is 0 Å². The van der Waals surface area contributed by atoms with Crippen LogP contribution >= 0.6 is 0 Å². The fraction of sp³-hybridized carbons (Fsp3) is 0.800. The Morgan fingerprint density at radius 1 is 1.71 bits per heavy atom. The summed E-state index contributed by atoms with van der Waals surface area (Å²) in [5, 5.41) is 0. The first-order valence-electron chi connectivity index (χ1n) is 2.27. The standard InChI is InChI=1S/C5H10NO/c1-6-4-3-5-7-2/h1H,3-5H2,2H3/q+1. The summed E-state index contributed by atoms with van der Waals surface area (Å²) >= 11 is 0. The molecule has 0 spiro atoms. The topological polar surface area (TPSA) is 13.6 Å². The summed E-state index contributed by atoms with van der Waals surface area (Å²) in [6.45, 7) is 6.29. The second-order valence-corrected chi connectivity index (χ2v) is 1.25. The molecule has 7 heavy (non-hydrogen) atoms. The zero-order valence-corrected chi connectivity index (χ0v) is 4.55. The Bertz CT molecular complexity index is 65.0. The van der Waals surface area contributed by atoms with Crippen molar-refractivity contribution in [3.05, 3.63) is 4.85 Å². The van der Waals surface area contributed by atoms with Gasteiger partial charge in [0.05, 0.1) is 6.61 Å². The smallest absolute Gasteiger partial charge is 0.265 e. The van der Waals surface area contributed by atoms with E-state index in [2.05, 4.69) is 4.85 Å².